The number of benzene rings is 1. The quantitative estimate of drug-likeness (QED) is 0.602. The van der Waals surface area contributed by atoms with E-state index in [4.69, 9.17) is 9.15 Å². The summed E-state index contributed by atoms with van der Waals surface area (Å²) in [6, 6.07) is 11.1. The first-order chi connectivity index (χ1) is 11.6. The maximum atomic E-state index is 12.1. The lowest BCUT2D eigenvalue weighted by molar-refractivity contribution is 0.0919. The molecule has 0 spiro atoms. The number of nitrogens with one attached hydrogen (secondary N) is 1. The molecule has 0 radical (unpaired) electrons. The molecule has 0 aliphatic carbocycles. The van der Waals surface area contributed by atoms with Crippen LogP contribution in [-0.2, 0) is 20.2 Å². The van der Waals surface area contributed by atoms with E-state index in [1.807, 2.05) is 37.5 Å². The van der Waals surface area contributed by atoms with Gasteiger partial charge in [-0.05, 0) is 59.0 Å². The van der Waals surface area contributed by atoms with Crippen molar-refractivity contribution in [3.63, 3.8) is 0 Å². The lowest BCUT2D eigenvalue weighted by atomic mass is 10.3. The van der Waals surface area contributed by atoms with Crippen LogP contribution in [0.25, 0.3) is 0 Å². The third-order valence-corrected chi connectivity index (χ3v) is 4.01. The van der Waals surface area contributed by atoms with Crippen molar-refractivity contribution >= 4 is 28.5 Å². The van der Waals surface area contributed by atoms with E-state index < -0.39 is 0 Å². The number of hydrogen-bond acceptors (Lipinski definition) is 4. The second-order valence-electron chi connectivity index (χ2n) is 5.21. The monoisotopic (exact) mass is 437 g/mol. The summed E-state index contributed by atoms with van der Waals surface area (Å²) in [6.07, 6.45) is 3.56. The van der Waals surface area contributed by atoms with Crippen molar-refractivity contribution in [2.24, 2.45) is 7.05 Å². The Bertz CT molecular complexity index is 824. The van der Waals surface area contributed by atoms with Crippen molar-refractivity contribution < 1.29 is 13.9 Å². The van der Waals surface area contributed by atoms with Gasteiger partial charge in [0.1, 0.15) is 18.1 Å². The van der Waals surface area contributed by atoms with Crippen LogP contribution >= 0.6 is 22.6 Å². The molecule has 0 saturated heterocycles. The molecule has 1 aromatic carbocycles. The molecular formula is C17H16IN3O3. The number of carbonyl (C=O) groups is 1. The number of furan rings is 1. The second kappa shape index (κ2) is 7.52. The van der Waals surface area contributed by atoms with Gasteiger partial charge in [-0.25, -0.2) is 0 Å². The van der Waals surface area contributed by atoms with Gasteiger partial charge in [-0.3, -0.25) is 9.48 Å². The van der Waals surface area contributed by atoms with Crippen molar-refractivity contribution in [2.45, 2.75) is 13.2 Å². The summed E-state index contributed by atoms with van der Waals surface area (Å²) in [5.74, 6) is 1.36. The molecule has 0 aliphatic heterocycles. The summed E-state index contributed by atoms with van der Waals surface area (Å²) in [5, 5.41) is 6.85. The lowest BCUT2D eigenvalue weighted by Gasteiger charge is -2.04. The van der Waals surface area contributed by atoms with E-state index >= 15 is 0 Å². The largest absolute Gasteiger partial charge is 0.486 e. The lowest BCUT2D eigenvalue weighted by Crippen LogP contribution is -2.22. The Morgan fingerprint density at radius 2 is 2.08 bits per heavy atom. The highest BCUT2D eigenvalue weighted by Gasteiger charge is 2.11. The molecular weight excluding hydrogens is 421 g/mol. The first-order valence-electron chi connectivity index (χ1n) is 7.33. The zero-order chi connectivity index (χ0) is 16.9. The molecule has 2 aromatic heterocycles. The predicted octanol–water partition coefficient (Wildman–Crippen LogP) is 3.13. The Labute approximate surface area is 152 Å². The first-order valence-corrected chi connectivity index (χ1v) is 8.41. The third kappa shape index (κ3) is 4.38. The molecule has 2 heterocycles. The van der Waals surface area contributed by atoms with E-state index in [9.17, 15) is 4.79 Å². The fourth-order valence-corrected chi connectivity index (χ4v) is 2.46. The average Bonchev–Trinajstić information content (AvgIpc) is 3.21. The van der Waals surface area contributed by atoms with Gasteiger partial charge in [0.2, 0.25) is 0 Å². The van der Waals surface area contributed by atoms with Gasteiger partial charge in [0.25, 0.3) is 5.91 Å². The van der Waals surface area contributed by atoms with Gasteiger partial charge in [-0.2, -0.15) is 5.10 Å². The van der Waals surface area contributed by atoms with Crippen LogP contribution in [0.2, 0.25) is 0 Å². The molecule has 0 bridgehead atoms. The molecule has 0 saturated carbocycles. The Hall–Kier alpha value is -2.29. The summed E-state index contributed by atoms with van der Waals surface area (Å²) in [6.45, 7) is 0.679. The third-order valence-electron chi connectivity index (χ3n) is 3.29. The SMILES string of the molecule is Cn1cc(CNC(=O)c2ccc(COc3ccc(I)cc3)o2)cn1. The summed E-state index contributed by atoms with van der Waals surface area (Å²) < 4.78 is 14.0. The van der Waals surface area contributed by atoms with E-state index in [1.165, 1.54) is 0 Å². The van der Waals surface area contributed by atoms with Gasteiger partial charge in [-0.15, -0.1) is 0 Å². The van der Waals surface area contributed by atoms with Gasteiger partial charge in [0.05, 0.1) is 6.20 Å². The van der Waals surface area contributed by atoms with E-state index in [2.05, 4.69) is 33.0 Å². The number of carbonyl (C=O) groups excluding carboxylic acids is 1. The molecule has 0 aliphatic rings. The maximum absolute atomic E-state index is 12.1. The van der Waals surface area contributed by atoms with Gasteiger partial charge in [-0.1, -0.05) is 0 Å². The molecule has 6 nitrogen and oxygen atoms in total. The van der Waals surface area contributed by atoms with Crippen molar-refractivity contribution in [3.05, 3.63) is 69.4 Å². The number of ether oxygens (including phenoxy) is 1. The van der Waals surface area contributed by atoms with E-state index in [0.717, 1.165) is 14.9 Å². The van der Waals surface area contributed by atoms with E-state index in [-0.39, 0.29) is 18.3 Å². The zero-order valence-electron chi connectivity index (χ0n) is 13.0. The molecule has 0 atom stereocenters. The minimum atomic E-state index is -0.264. The highest BCUT2D eigenvalue weighted by Crippen LogP contribution is 2.16. The fourth-order valence-electron chi connectivity index (χ4n) is 2.10. The summed E-state index contributed by atoms with van der Waals surface area (Å²) in [7, 11) is 1.83. The van der Waals surface area contributed by atoms with Crippen molar-refractivity contribution in [3.8, 4) is 5.75 Å². The highest BCUT2D eigenvalue weighted by molar-refractivity contribution is 14.1. The van der Waals surface area contributed by atoms with Crippen LogP contribution in [-0.4, -0.2) is 15.7 Å². The molecule has 3 rings (SSSR count). The number of hydrogen-bond donors (Lipinski definition) is 1. The second-order valence-corrected chi connectivity index (χ2v) is 6.46. The number of rotatable bonds is 6. The molecule has 124 valence electrons. The summed E-state index contributed by atoms with van der Waals surface area (Å²) in [4.78, 5) is 12.1. The smallest absolute Gasteiger partial charge is 0.287 e. The highest BCUT2D eigenvalue weighted by atomic mass is 127. The molecule has 1 amide bonds. The number of amides is 1. The predicted molar refractivity (Wildman–Crippen MR) is 96.6 cm³/mol. The number of aromatic nitrogens is 2. The van der Waals surface area contributed by atoms with Crippen LogP contribution in [0.3, 0.4) is 0 Å². The van der Waals surface area contributed by atoms with Crippen molar-refractivity contribution in [1.29, 1.82) is 0 Å². The van der Waals surface area contributed by atoms with Crippen LogP contribution < -0.4 is 10.1 Å². The molecule has 7 heteroatoms. The summed E-state index contributed by atoms with van der Waals surface area (Å²) in [5.41, 5.74) is 0.930. The van der Waals surface area contributed by atoms with Crippen LogP contribution in [0.4, 0.5) is 0 Å². The van der Waals surface area contributed by atoms with Gasteiger partial charge in [0, 0.05) is 28.9 Å². The average molecular weight is 437 g/mol. The first kappa shape index (κ1) is 16.6. The fraction of sp³-hybridized carbons (Fsp3) is 0.176. The summed E-state index contributed by atoms with van der Waals surface area (Å²) >= 11 is 2.24. The molecule has 3 aromatic rings. The molecule has 0 fully saturated rings. The zero-order valence-corrected chi connectivity index (χ0v) is 15.2. The van der Waals surface area contributed by atoms with Gasteiger partial charge >= 0.3 is 0 Å². The van der Waals surface area contributed by atoms with Crippen molar-refractivity contribution in [1.82, 2.24) is 15.1 Å². The van der Waals surface area contributed by atoms with Crippen molar-refractivity contribution in [2.75, 3.05) is 0 Å². The molecule has 0 unspecified atom stereocenters. The number of halogens is 1. The molecule has 24 heavy (non-hydrogen) atoms. The van der Waals surface area contributed by atoms with E-state index in [1.54, 1.807) is 23.0 Å². The van der Waals surface area contributed by atoms with Gasteiger partial charge < -0.3 is 14.5 Å². The molecule has 1 N–H and O–H groups in total. The van der Waals surface area contributed by atoms with Crippen LogP contribution in [0, 0.1) is 3.57 Å². The minimum Gasteiger partial charge on any atom is -0.486 e. The van der Waals surface area contributed by atoms with Gasteiger partial charge in [0.15, 0.2) is 5.76 Å². The maximum Gasteiger partial charge on any atom is 0.287 e. The minimum absolute atomic E-state index is 0.264. The van der Waals surface area contributed by atoms with Crippen LogP contribution in [0.15, 0.2) is 53.2 Å². The Morgan fingerprint density at radius 1 is 1.29 bits per heavy atom. The topological polar surface area (TPSA) is 69.3 Å². The van der Waals surface area contributed by atoms with Crippen LogP contribution in [0.5, 0.6) is 5.75 Å². The normalized spacial score (nSPS) is 10.6. The Kier molecular flexibility index (Phi) is 5.19. The number of aryl methyl sites for hydroxylation is 1. The Balaban J connectivity index is 1.52. The van der Waals surface area contributed by atoms with E-state index in [0.29, 0.717) is 12.3 Å². The standard InChI is InChI=1S/C17H16IN3O3/c1-21-10-12(9-20-21)8-19-17(22)16-7-6-15(24-16)11-23-14-4-2-13(18)3-5-14/h2-7,9-10H,8,11H2,1H3,(H,19,22). The Morgan fingerprint density at radius 3 is 2.79 bits per heavy atom. The van der Waals surface area contributed by atoms with Crippen LogP contribution in [0.1, 0.15) is 21.9 Å². The number of nitrogens with zero attached hydrogens (tertiary/aromatic N) is 2.